The van der Waals surface area contributed by atoms with Crippen LogP contribution in [0.2, 0.25) is 0 Å². The summed E-state index contributed by atoms with van der Waals surface area (Å²) in [4.78, 5) is 86.3. The van der Waals surface area contributed by atoms with Gasteiger partial charge >= 0.3 is 12.2 Å². The van der Waals surface area contributed by atoms with Crippen LogP contribution in [-0.4, -0.2) is 99.3 Å². The zero-order chi connectivity index (χ0) is 44.3. The summed E-state index contributed by atoms with van der Waals surface area (Å²) in [6.07, 6.45) is 6.41. The van der Waals surface area contributed by atoms with E-state index in [2.05, 4.69) is 25.6 Å². The normalized spacial score (nSPS) is 18.8. The molecule has 0 spiro atoms. The molecule has 3 aromatic carbocycles. The molecule has 4 amide bonds. The molecule has 3 aromatic heterocycles. The molecule has 0 saturated carbocycles. The second kappa shape index (κ2) is 18.4. The summed E-state index contributed by atoms with van der Waals surface area (Å²) in [5, 5.41) is 6.28. The molecule has 0 radical (unpaired) electrons. The number of hydrogen-bond acceptors (Lipinski definition) is 11. The monoisotopic (exact) mass is 870 g/mol. The predicted molar refractivity (Wildman–Crippen MR) is 235 cm³/mol. The Morgan fingerprint density at radius 3 is 2.06 bits per heavy atom. The number of H-pyrrole nitrogens is 2. The van der Waals surface area contributed by atoms with Gasteiger partial charge < -0.3 is 49.0 Å². The molecule has 9 rings (SSSR count). The fraction of sp³-hybridized carbons (Fsp3) is 0.383. The van der Waals surface area contributed by atoms with Crippen molar-refractivity contribution in [2.24, 2.45) is 0 Å². The quantitative estimate of drug-likeness (QED) is 0.0990. The van der Waals surface area contributed by atoms with Crippen molar-refractivity contribution >= 4 is 45.9 Å². The number of fused-ring (bicyclic) bond motifs is 2. The van der Waals surface area contributed by atoms with E-state index in [9.17, 15) is 24.0 Å². The van der Waals surface area contributed by atoms with Gasteiger partial charge in [-0.05, 0) is 68.0 Å². The SMILES string of the molecule is CCC(NC(=O)OC)C(=O)N1CCCC1c1ncc(-c2ccc3oc4cc(-c5cnc(C6CCCN6C(=O)C(NC(=O)OC6CCOCC6)c6ccccc6)[nH]5)ccc4c(=O)c3c2)[nH]1. The van der Waals surface area contributed by atoms with Crippen molar-refractivity contribution in [3.8, 4) is 22.5 Å². The molecule has 0 bridgehead atoms. The average molecular weight is 871 g/mol. The number of amides is 4. The lowest BCUT2D eigenvalue weighted by atomic mass is 10.0. The van der Waals surface area contributed by atoms with E-state index in [1.165, 1.54) is 7.11 Å². The molecule has 3 saturated heterocycles. The number of likely N-dealkylation sites (tertiary alicyclic amines) is 2. The third-order valence-electron chi connectivity index (χ3n) is 12.5. The first-order valence-electron chi connectivity index (χ1n) is 21.9. The third kappa shape index (κ3) is 8.54. The molecule has 3 aliphatic rings. The molecular weight excluding hydrogens is 821 g/mol. The molecule has 17 nitrogen and oxygen atoms in total. The number of methoxy groups -OCH3 is 1. The molecule has 3 aliphatic heterocycles. The Kier molecular flexibility index (Phi) is 12.1. The van der Waals surface area contributed by atoms with Gasteiger partial charge in [-0.15, -0.1) is 0 Å². The minimum Gasteiger partial charge on any atom is -0.456 e. The maximum absolute atomic E-state index is 14.3. The number of aromatic nitrogens is 4. The summed E-state index contributed by atoms with van der Waals surface area (Å²) in [6, 6.07) is 17.6. The summed E-state index contributed by atoms with van der Waals surface area (Å²) in [6.45, 7) is 3.91. The van der Waals surface area contributed by atoms with Crippen LogP contribution in [0.3, 0.4) is 0 Å². The van der Waals surface area contributed by atoms with Crippen molar-refractivity contribution in [2.75, 3.05) is 33.4 Å². The fourth-order valence-electron chi connectivity index (χ4n) is 9.06. The van der Waals surface area contributed by atoms with Crippen LogP contribution in [0.25, 0.3) is 44.5 Å². The highest BCUT2D eigenvalue weighted by molar-refractivity contribution is 5.93. The van der Waals surface area contributed by atoms with Crippen molar-refractivity contribution in [1.29, 1.82) is 0 Å². The van der Waals surface area contributed by atoms with E-state index in [0.717, 1.165) is 24.0 Å². The van der Waals surface area contributed by atoms with Gasteiger partial charge in [0.25, 0.3) is 5.91 Å². The zero-order valence-corrected chi connectivity index (χ0v) is 35.6. The molecule has 64 heavy (non-hydrogen) atoms. The zero-order valence-electron chi connectivity index (χ0n) is 35.6. The minimum atomic E-state index is -0.951. The minimum absolute atomic E-state index is 0.190. The lowest BCUT2D eigenvalue weighted by Gasteiger charge is -2.29. The van der Waals surface area contributed by atoms with Gasteiger partial charge in [-0.1, -0.05) is 43.3 Å². The van der Waals surface area contributed by atoms with E-state index in [-0.39, 0.29) is 35.4 Å². The van der Waals surface area contributed by atoms with Crippen LogP contribution < -0.4 is 16.1 Å². The van der Waals surface area contributed by atoms with Gasteiger partial charge in [0.05, 0.1) is 67.0 Å². The van der Waals surface area contributed by atoms with Gasteiger partial charge in [0.1, 0.15) is 41.0 Å². The number of nitrogens with zero attached hydrogens (tertiary/aromatic N) is 4. The Labute approximate surface area is 367 Å². The summed E-state index contributed by atoms with van der Waals surface area (Å²) < 4.78 is 22.1. The Bertz CT molecular complexity index is 2740. The van der Waals surface area contributed by atoms with E-state index in [1.54, 1.807) is 46.5 Å². The smallest absolute Gasteiger partial charge is 0.408 e. The van der Waals surface area contributed by atoms with E-state index < -0.39 is 24.3 Å². The summed E-state index contributed by atoms with van der Waals surface area (Å²) in [7, 11) is 1.26. The van der Waals surface area contributed by atoms with Crippen LogP contribution in [0, 0.1) is 0 Å². The number of rotatable bonds is 11. The molecule has 4 unspecified atom stereocenters. The van der Waals surface area contributed by atoms with Crippen LogP contribution in [0.1, 0.15) is 87.2 Å². The van der Waals surface area contributed by atoms with Crippen molar-refractivity contribution < 1.29 is 37.8 Å². The van der Waals surface area contributed by atoms with Gasteiger partial charge in [0, 0.05) is 37.1 Å². The van der Waals surface area contributed by atoms with Crippen molar-refractivity contribution in [1.82, 2.24) is 40.4 Å². The molecule has 4 atom stereocenters. The second-order valence-corrected chi connectivity index (χ2v) is 16.4. The molecule has 0 aliphatic carbocycles. The number of nitrogens with one attached hydrogen (secondary N) is 4. The standard InChI is InChI=1S/C47H50N8O9/c1-3-33(52-46(59)61-2)44(57)54-19-7-11-36(54)42-48-25-34(50-42)28-14-16-38-32(23-28)41(56)31-15-13-29(24-39(31)64-38)35-26-49-43(51-35)37-12-8-20-55(37)45(58)40(27-9-5-4-6-10-27)53-47(60)63-30-17-21-62-22-18-30/h4-6,9-10,13-16,23-26,30,33,36-37,40H,3,7-8,11-12,17-22H2,1-2H3,(H,48,50)(H,49,51)(H,52,59)(H,53,60). The molecule has 332 valence electrons. The van der Waals surface area contributed by atoms with Gasteiger partial charge in [-0.3, -0.25) is 14.4 Å². The fourth-order valence-corrected chi connectivity index (χ4v) is 9.06. The molecule has 17 heteroatoms. The molecule has 4 N–H and O–H groups in total. The van der Waals surface area contributed by atoms with E-state index >= 15 is 0 Å². The number of carbonyl (C=O) groups excluding carboxylic acids is 4. The summed E-state index contributed by atoms with van der Waals surface area (Å²) in [5.74, 6) is 0.785. The number of hydrogen-bond donors (Lipinski definition) is 4. The van der Waals surface area contributed by atoms with Crippen LogP contribution >= 0.6 is 0 Å². The highest BCUT2D eigenvalue weighted by Crippen LogP contribution is 2.36. The maximum atomic E-state index is 14.3. The summed E-state index contributed by atoms with van der Waals surface area (Å²) in [5.41, 5.74) is 4.13. The Hall–Kier alpha value is -7.01. The number of aromatic amines is 2. The molecule has 6 aromatic rings. The first-order valence-corrected chi connectivity index (χ1v) is 21.9. The summed E-state index contributed by atoms with van der Waals surface area (Å²) >= 11 is 0. The Balaban J connectivity index is 0.917. The average Bonchev–Trinajstić information content (AvgIpc) is 4.18. The van der Waals surface area contributed by atoms with Crippen molar-refractivity contribution in [3.63, 3.8) is 0 Å². The lowest BCUT2D eigenvalue weighted by molar-refractivity contribution is -0.135. The van der Waals surface area contributed by atoms with Crippen LogP contribution in [0.15, 0.2) is 88.3 Å². The van der Waals surface area contributed by atoms with Crippen molar-refractivity contribution in [2.45, 2.75) is 82.1 Å². The van der Waals surface area contributed by atoms with Gasteiger partial charge in [-0.2, -0.15) is 0 Å². The van der Waals surface area contributed by atoms with Crippen LogP contribution in [0.5, 0.6) is 0 Å². The van der Waals surface area contributed by atoms with Gasteiger partial charge in [0.15, 0.2) is 0 Å². The Morgan fingerprint density at radius 1 is 0.766 bits per heavy atom. The van der Waals surface area contributed by atoms with Gasteiger partial charge in [0.2, 0.25) is 11.3 Å². The largest absolute Gasteiger partial charge is 0.456 e. The highest BCUT2D eigenvalue weighted by atomic mass is 16.6. The number of alkyl carbamates (subject to hydrolysis) is 2. The Morgan fingerprint density at radius 2 is 1.41 bits per heavy atom. The van der Waals surface area contributed by atoms with Crippen LogP contribution in [-0.2, 0) is 23.8 Å². The second-order valence-electron chi connectivity index (χ2n) is 16.4. The van der Waals surface area contributed by atoms with E-state index in [4.69, 9.17) is 23.6 Å². The molecule has 6 heterocycles. The predicted octanol–water partition coefficient (Wildman–Crippen LogP) is 6.83. The third-order valence-corrected chi connectivity index (χ3v) is 12.5. The first kappa shape index (κ1) is 42.3. The highest BCUT2D eigenvalue weighted by Gasteiger charge is 2.38. The first-order chi connectivity index (χ1) is 31.2. The van der Waals surface area contributed by atoms with Crippen LogP contribution in [0.4, 0.5) is 9.59 Å². The number of carbonyl (C=O) groups is 4. The van der Waals surface area contributed by atoms with E-state index in [1.807, 2.05) is 49.4 Å². The number of imidazole rings is 2. The van der Waals surface area contributed by atoms with Gasteiger partial charge in [-0.25, -0.2) is 19.6 Å². The topological polar surface area (TPSA) is 214 Å². The number of benzene rings is 3. The number of ether oxygens (including phenoxy) is 3. The molecule has 3 fully saturated rings. The van der Waals surface area contributed by atoms with E-state index in [0.29, 0.717) is 109 Å². The maximum Gasteiger partial charge on any atom is 0.408 e. The lowest BCUT2D eigenvalue weighted by Crippen LogP contribution is -2.48. The molecular formula is C47H50N8O9. The van der Waals surface area contributed by atoms with Crippen molar-refractivity contribution in [3.05, 3.63) is 107 Å².